The number of hydrogen-bond donors (Lipinski definition) is 3. The number of ether oxygens (including phenoxy) is 1. The van der Waals surface area contributed by atoms with Gasteiger partial charge in [-0.25, -0.2) is 13.8 Å². The zero-order valence-electron chi connectivity index (χ0n) is 29.4. The predicted molar refractivity (Wildman–Crippen MR) is 200 cm³/mol. The standard InChI is InChI=1S/C37H44Cl2N4O7S/c1-21(2)30(20-51(49,22(3)4)42-36(40)48)43-33(23-10-12-25(38)13-11-23)29(24-8-7-9-26(39)16-24)18-37(5,35(43)47)19-32(44)41-27-14-15-28(34(45)46)31(17-27)50-6/h7-17,21-22,29-30,33H,18-20H2,1-6H3,(H2,40,48)(H,41,44)(H,45,46)/t29-,30?,33-,37-,51?/m1/s1. The predicted octanol–water partition coefficient (Wildman–Crippen LogP) is 7.77. The molecule has 4 N–H and O–H groups in total. The molecule has 2 unspecified atom stereocenters. The Kier molecular flexibility index (Phi) is 12.5. The van der Waals surface area contributed by atoms with Crippen LogP contribution in [0.4, 0.5) is 10.5 Å². The van der Waals surface area contributed by atoms with Gasteiger partial charge in [-0.1, -0.05) is 82.1 Å². The summed E-state index contributed by atoms with van der Waals surface area (Å²) in [6.07, 6.45) is -0.00748. The lowest BCUT2D eigenvalue weighted by molar-refractivity contribution is -0.157. The van der Waals surface area contributed by atoms with E-state index in [1.807, 2.05) is 44.2 Å². The molecule has 0 aliphatic carbocycles. The number of benzene rings is 3. The van der Waals surface area contributed by atoms with E-state index in [1.54, 1.807) is 43.9 Å². The van der Waals surface area contributed by atoms with E-state index >= 15 is 4.79 Å². The lowest BCUT2D eigenvalue weighted by Crippen LogP contribution is -2.59. The molecule has 274 valence electrons. The van der Waals surface area contributed by atoms with Crippen molar-refractivity contribution in [1.82, 2.24) is 4.90 Å². The minimum atomic E-state index is -3.26. The molecule has 4 rings (SSSR count). The number of aromatic carboxylic acids is 1. The summed E-state index contributed by atoms with van der Waals surface area (Å²) in [5.41, 5.74) is 5.97. The number of carbonyl (C=O) groups is 4. The minimum Gasteiger partial charge on any atom is -0.496 e. The number of nitrogens with zero attached hydrogens (tertiary/aromatic N) is 2. The van der Waals surface area contributed by atoms with Gasteiger partial charge in [-0.15, -0.1) is 4.36 Å². The smallest absolute Gasteiger partial charge is 0.346 e. The Balaban J connectivity index is 1.89. The number of anilines is 1. The van der Waals surface area contributed by atoms with Crippen LogP contribution in [0, 0.1) is 11.3 Å². The Morgan fingerprint density at radius 1 is 1.04 bits per heavy atom. The van der Waals surface area contributed by atoms with E-state index in [-0.39, 0.29) is 41.7 Å². The van der Waals surface area contributed by atoms with E-state index in [9.17, 15) is 23.7 Å². The van der Waals surface area contributed by atoms with Gasteiger partial charge in [0.05, 0.1) is 34.0 Å². The van der Waals surface area contributed by atoms with Crippen LogP contribution >= 0.6 is 23.2 Å². The van der Waals surface area contributed by atoms with Crippen molar-refractivity contribution in [3.63, 3.8) is 0 Å². The zero-order chi connectivity index (χ0) is 37.8. The number of carbonyl (C=O) groups excluding carboxylic acids is 3. The summed E-state index contributed by atoms with van der Waals surface area (Å²) < 4.78 is 23.5. The second-order valence-electron chi connectivity index (χ2n) is 13.7. The summed E-state index contributed by atoms with van der Waals surface area (Å²) in [5.74, 6) is -2.77. The number of rotatable bonds is 12. The van der Waals surface area contributed by atoms with Crippen molar-refractivity contribution in [1.29, 1.82) is 0 Å². The van der Waals surface area contributed by atoms with Gasteiger partial charge in [0, 0.05) is 45.4 Å². The lowest BCUT2D eigenvalue weighted by atomic mass is 9.66. The van der Waals surface area contributed by atoms with Crippen molar-refractivity contribution < 1.29 is 33.2 Å². The van der Waals surface area contributed by atoms with E-state index in [0.717, 1.165) is 11.1 Å². The van der Waals surface area contributed by atoms with Crippen LogP contribution in [-0.4, -0.2) is 62.2 Å². The first-order valence-electron chi connectivity index (χ1n) is 16.5. The van der Waals surface area contributed by atoms with Gasteiger partial charge in [-0.05, 0) is 59.9 Å². The van der Waals surface area contributed by atoms with Gasteiger partial charge in [0.15, 0.2) is 0 Å². The summed E-state index contributed by atoms with van der Waals surface area (Å²) in [6.45, 7) is 8.94. The van der Waals surface area contributed by atoms with Gasteiger partial charge in [-0.3, -0.25) is 9.59 Å². The number of methoxy groups -OCH3 is 1. The molecule has 0 radical (unpaired) electrons. The SMILES string of the molecule is COc1cc(NC(=O)C[C@@]2(C)C[C@H](c3cccc(Cl)c3)[C@@H](c3ccc(Cl)cc3)N(C(CS(=O)(=NC(N)=O)C(C)C)C(C)C)C2=O)ccc1C(=O)O. The highest BCUT2D eigenvalue weighted by atomic mass is 35.5. The van der Waals surface area contributed by atoms with E-state index in [1.165, 1.54) is 25.3 Å². The van der Waals surface area contributed by atoms with Gasteiger partial charge in [0.2, 0.25) is 11.8 Å². The molecule has 14 heteroatoms. The van der Waals surface area contributed by atoms with Crippen LogP contribution in [-0.2, 0) is 19.3 Å². The third kappa shape index (κ3) is 9.03. The third-order valence-corrected chi connectivity index (χ3v) is 12.6. The maximum atomic E-state index is 15.2. The number of carboxylic acids is 1. The Morgan fingerprint density at radius 2 is 1.71 bits per heavy atom. The normalized spacial score (nSPS) is 20.8. The van der Waals surface area contributed by atoms with Crippen LogP contribution in [0.3, 0.4) is 0 Å². The summed E-state index contributed by atoms with van der Waals surface area (Å²) in [6, 6.07) is 16.3. The maximum Gasteiger partial charge on any atom is 0.346 e. The first kappa shape index (κ1) is 39.7. The number of hydrogen-bond acceptors (Lipinski definition) is 6. The quantitative estimate of drug-likeness (QED) is 0.170. The molecule has 1 aliphatic heterocycles. The summed E-state index contributed by atoms with van der Waals surface area (Å²) in [7, 11) is -1.93. The number of nitrogens with one attached hydrogen (secondary N) is 1. The van der Waals surface area contributed by atoms with Crippen molar-refractivity contribution in [3.05, 3.63) is 93.5 Å². The van der Waals surface area contributed by atoms with Gasteiger partial charge < -0.3 is 25.8 Å². The van der Waals surface area contributed by atoms with Crippen LogP contribution in [0.2, 0.25) is 10.0 Å². The number of primary amides is 1. The molecule has 4 amide bonds. The maximum absolute atomic E-state index is 15.2. The average Bonchev–Trinajstić information content (AvgIpc) is 3.04. The number of carboxylic acid groups (broad SMARTS) is 1. The van der Waals surface area contributed by atoms with Crippen LogP contribution in [0.25, 0.3) is 0 Å². The molecule has 1 saturated heterocycles. The van der Waals surface area contributed by atoms with Crippen LogP contribution in [0.1, 0.15) is 80.9 Å². The fraction of sp³-hybridized carbons (Fsp3) is 0.405. The van der Waals surface area contributed by atoms with Crippen molar-refractivity contribution in [2.24, 2.45) is 21.4 Å². The number of urea groups is 1. The van der Waals surface area contributed by atoms with E-state index < -0.39 is 56.3 Å². The molecule has 5 atom stereocenters. The van der Waals surface area contributed by atoms with Crippen molar-refractivity contribution in [2.75, 3.05) is 18.2 Å². The van der Waals surface area contributed by atoms with Crippen molar-refractivity contribution in [2.45, 2.75) is 70.7 Å². The number of halogens is 2. The van der Waals surface area contributed by atoms with Gasteiger partial charge in [0.1, 0.15) is 11.3 Å². The summed E-state index contributed by atoms with van der Waals surface area (Å²) >= 11 is 12.8. The lowest BCUT2D eigenvalue weighted by Gasteiger charge is -2.53. The van der Waals surface area contributed by atoms with E-state index in [0.29, 0.717) is 15.7 Å². The molecular formula is C37H44Cl2N4O7S. The Hall–Kier alpha value is -4.13. The van der Waals surface area contributed by atoms with Crippen LogP contribution in [0.5, 0.6) is 5.75 Å². The highest BCUT2D eigenvalue weighted by Gasteiger charge is 2.53. The largest absolute Gasteiger partial charge is 0.496 e. The highest BCUT2D eigenvalue weighted by Crippen LogP contribution is 2.53. The van der Waals surface area contributed by atoms with Crippen molar-refractivity contribution in [3.8, 4) is 5.75 Å². The fourth-order valence-electron chi connectivity index (χ4n) is 6.74. The first-order valence-corrected chi connectivity index (χ1v) is 19.0. The number of amides is 4. The first-order chi connectivity index (χ1) is 23.9. The molecule has 3 aromatic rings. The molecule has 3 aromatic carbocycles. The second-order valence-corrected chi connectivity index (χ2v) is 17.4. The average molecular weight is 760 g/mol. The highest BCUT2D eigenvalue weighted by molar-refractivity contribution is 7.94. The zero-order valence-corrected chi connectivity index (χ0v) is 31.7. The molecule has 1 heterocycles. The topological polar surface area (TPSA) is 168 Å². The molecule has 0 aromatic heterocycles. The molecule has 1 fully saturated rings. The number of likely N-dealkylation sites (tertiary alicyclic amines) is 1. The van der Waals surface area contributed by atoms with E-state index in [4.69, 9.17) is 33.7 Å². The summed E-state index contributed by atoms with van der Waals surface area (Å²) in [4.78, 5) is 54.4. The molecule has 0 spiro atoms. The Bertz CT molecular complexity index is 1930. The monoisotopic (exact) mass is 758 g/mol. The molecule has 0 bridgehead atoms. The fourth-order valence-corrected chi connectivity index (χ4v) is 9.08. The molecule has 0 saturated carbocycles. The van der Waals surface area contributed by atoms with Crippen molar-refractivity contribution >= 4 is 62.4 Å². The van der Waals surface area contributed by atoms with E-state index in [2.05, 4.69) is 9.68 Å². The number of piperidine rings is 1. The van der Waals surface area contributed by atoms with Crippen LogP contribution < -0.4 is 15.8 Å². The minimum absolute atomic E-state index is 0.0631. The number of nitrogens with two attached hydrogens (primary N) is 1. The van der Waals surface area contributed by atoms with Gasteiger partial charge >= 0.3 is 12.0 Å². The summed E-state index contributed by atoms with van der Waals surface area (Å²) in [5, 5.41) is 12.7. The molecular weight excluding hydrogens is 715 g/mol. The van der Waals surface area contributed by atoms with Crippen LogP contribution in [0.15, 0.2) is 71.1 Å². The Labute approximate surface area is 309 Å². The van der Waals surface area contributed by atoms with Gasteiger partial charge in [-0.2, -0.15) is 0 Å². The molecule has 51 heavy (non-hydrogen) atoms. The Morgan fingerprint density at radius 3 is 2.25 bits per heavy atom. The molecule has 1 aliphatic rings. The third-order valence-electron chi connectivity index (χ3n) is 9.37. The molecule has 11 nitrogen and oxygen atoms in total. The second kappa shape index (κ2) is 16.0. The van der Waals surface area contributed by atoms with Gasteiger partial charge in [0.25, 0.3) is 0 Å².